The molecule has 0 saturated heterocycles. The van der Waals surface area contributed by atoms with E-state index in [1.54, 1.807) is 12.4 Å². The Morgan fingerprint density at radius 2 is 0.587 bits per heavy atom. The van der Waals surface area contributed by atoms with Crippen LogP contribution in [0.25, 0.3) is 76.3 Å². The molecule has 7 aromatic heterocycles. The number of pyridine rings is 7. The van der Waals surface area contributed by atoms with Crippen LogP contribution in [0.5, 0.6) is 0 Å². The van der Waals surface area contributed by atoms with E-state index in [1.807, 2.05) is 324 Å². The number of Topliss-reactive ketones (excluding diaryl/α,β-unsaturated/α-hetero) is 7. The maximum atomic E-state index is 12.7. The van der Waals surface area contributed by atoms with Crippen molar-refractivity contribution in [3.63, 3.8) is 0 Å². The van der Waals surface area contributed by atoms with Crippen molar-refractivity contribution in [2.45, 2.75) is 214 Å². The molecule has 0 fully saturated rings. The van der Waals surface area contributed by atoms with Crippen LogP contribution >= 0.6 is 0 Å². The minimum absolute atomic E-state index is 0.0466. The molecular formula is C129H135N7O7. The summed E-state index contributed by atoms with van der Waals surface area (Å²) < 4.78 is 0. The number of nitrogens with zero attached hydrogens (tertiary/aromatic N) is 7. The summed E-state index contributed by atoms with van der Waals surface area (Å²) in [6, 6.07) is 102. The molecule has 0 radical (unpaired) electrons. The van der Waals surface area contributed by atoms with Crippen LogP contribution in [0.15, 0.2) is 322 Å². The lowest BCUT2D eigenvalue weighted by molar-refractivity contribution is -0.125. The normalized spacial score (nSPS) is 11.2. The maximum Gasteiger partial charge on any atom is 0.167 e. The van der Waals surface area contributed by atoms with Crippen LogP contribution < -0.4 is 0 Å². The van der Waals surface area contributed by atoms with Gasteiger partial charge in [0.25, 0.3) is 0 Å². The van der Waals surface area contributed by atoms with Crippen LogP contribution in [0.1, 0.15) is 240 Å². The first-order valence-electron chi connectivity index (χ1n) is 49.7. The Morgan fingerprint density at radius 1 is 0.287 bits per heavy atom. The van der Waals surface area contributed by atoms with Crippen molar-refractivity contribution in [2.24, 2.45) is 16.7 Å². The monoisotopic (exact) mass is 1890 g/mol. The summed E-state index contributed by atoms with van der Waals surface area (Å²) in [6.45, 7) is 38.9. The van der Waals surface area contributed by atoms with Gasteiger partial charge in [0, 0.05) is 164 Å². The molecule has 14 heteroatoms. The van der Waals surface area contributed by atoms with Crippen LogP contribution in [0.3, 0.4) is 0 Å². The highest BCUT2D eigenvalue weighted by Gasteiger charge is 2.24. The molecule has 11 aromatic carbocycles. The lowest BCUT2D eigenvalue weighted by Gasteiger charge is -2.19. The van der Waals surface area contributed by atoms with E-state index < -0.39 is 0 Å². The number of unbranched alkanes of at least 4 members (excludes halogenated alkanes) is 1. The van der Waals surface area contributed by atoms with E-state index in [0.29, 0.717) is 69.5 Å². The molecule has 0 saturated carbocycles. The Hall–Kier alpha value is -15.0. The Labute approximate surface area is 844 Å². The van der Waals surface area contributed by atoms with E-state index in [1.165, 1.54) is 24.0 Å². The molecule has 728 valence electrons. The van der Waals surface area contributed by atoms with Gasteiger partial charge in [-0.25, -0.2) is 0 Å². The molecular weight excluding hydrogens is 1760 g/mol. The van der Waals surface area contributed by atoms with Gasteiger partial charge in [-0.3, -0.25) is 68.4 Å². The molecule has 143 heavy (non-hydrogen) atoms. The number of aromatic nitrogens is 7. The highest BCUT2D eigenvalue weighted by molar-refractivity contribution is 6.03. The van der Waals surface area contributed by atoms with Crippen molar-refractivity contribution in [2.75, 3.05) is 0 Å². The van der Waals surface area contributed by atoms with Crippen LogP contribution in [0.2, 0.25) is 0 Å². The number of para-hydroxylation sites is 7. The average Bonchev–Trinajstić information content (AvgIpc) is 0.848. The predicted octanol–water partition coefficient (Wildman–Crippen LogP) is 30.0. The summed E-state index contributed by atoms with van der Waals surface area (Å²) in [5.41, 5.74) is 26.2. The zero-order valence-corrected chi connectivity index (χ0v) is 86.7. The zero-order valence-electron chi connectivity index (χ0n) is 86.7. The summed E-state index contributed by atoms with van der Waals surface area (Å²) in [5.74, 6) is 1.78. The topological polar surface area (TPSA) is 210 Å². The maximum absolute atomic E-state index is 12.7. The number of carbonyl (C=O) groups excluding carboxylic acids is 7. The van der Waals surface area contributed by atoms with Gasteiger partial charge in [-0.2, -0.15) is 0 Å². The lowest BCUT2D eigenvalue weighted by Crippen LogP contribution is -2.22. The second-order valence-electron chi connectivity index (χ2n) is 41.1. The summed E-state index contributed by atoms with van der Waals surface area (Å²) in [4.78, 5) is 118. The second kappa shape index (κ2) is 49.9. The van der Waals surface area contributed by atoms with Crippen molar-refractivity contribution in [3.8, 4) is 0 Å². The minimum Gasteiger partial charge on any atom is -0.299 e. The smallest absolute Gasteiger partial charge is 0.167 e. The second-order valence-corrected chi connectivity index (χ2v) is 41.1. The number of ketones is 7. The van der Waals surface area contributed by atoms with Gasteiger partial charge < -0.3 is 0 Å². The fourth-order valence-corrected chi connectivity index (χ4v) is 17.0. The Balaban J connectivity index is 0.000000149. The van der Waals surface area contributed by atoms with Crippen LogP contribution in [0, 0.1) is 65.2 Å². The van der Waals surface area contributed by atoms with E-state index >= 15 is 0 Å². The van der Waals surface area contributed by atoms with Crippen molar-refractivity contribution >= 4 is 117 Å². The third kappa shape index (κ3) is 31.5. The lowest BCUT2D eigenvalue weighted by atomic mass is 9.86. The molecule has 0 aliphatic heterocycles. The van der Waals surface area contributed by atoms with Gasteiger partial charge in [0.05, 0.1) is 38.6 Å². The van der Waals surface area contributed by atoms with E-state index in [0.717, 1.165) is 184 Å². The average molecular weight is 1900 g/mol. The fraction of sp³-hybridized carbons (Fsp3) is 0.271. The SMILES string of the molecule is CCCCc1ccc(C(=O)Cc2cccc3ccc(C)nc23)cc1.Cc1ccc(C(=O)Cc2cccc3cccnc23)cc1.Cc1ccc2cccc(CC(=O)C(C)(C)C)c2n1.Cc1ccc2cccc(CC(=O)CC(C)(C)C)c2n1.Cc1ccc2cccc(CC(=O)CC(C)C)c2n1.Cc1ccc2cccc(CC(=O)c3ccc(C(C)(C)C)cc3)c2n1.Cc1cccc(C(=O)Cc2cccc3cccnc23)c1. The molecule has 14 nitrogen and oxygen atoms in total. The highest BCUT2D eigenvalue weighted by Crippen LogP contribution is 2.31. The van der Waals surface area contributed by atoms with Gasteiger partial charge in [0.2, 0.25) is 0 Å². The number of carbonyl (C=O) groups is 7. The van der Waals surface area contributed by atoms with Crippen molar-refractivity contribution in [1.29, 1.82) is 0 Å². The van der Waals surface area contributed by atoms with E-state index in [4.69, 9.17) is 0 Å². The predicted molar refractivity (Wildman–Crippen MR) is 590 cm³/mol. The number of benzene rings is 11. The molecule has 7 heterocycles. The van der Waals surface area contributed by atoms with Gasteiger partial charge in [0.15, 0.2) is 23.1 Å². The first-order valence-corrected chi connectivity index (χ1v) is 49.7. The number of hydrogen-bond donors (Lipinski definition) is 0. The molecule has 0 spiro atoms. The Bertz CT molecular complexity index is 7540. The quantitative estimate of drug-likeness (QED) is 0.0516. The summed E-state index contributed by atoms with van der Waals surface area (Å²) >= 11 is 0. The van der Waals surface area contributed by atoms with E-state index in [-0.39, 0.29) is 50.9 Å². The van der Waals surface area contributed by atoms with E-state index in [9.17, 15) is 33.6 Å². The molecule has 0 bridgehead atoms. The standard InChI is InChI=1S/2C22H23NO.2C18H15NO.C17H21NO.2C16H19NO/c1-15-8-9-17-6-5-7-18(21(17)23-15)14-20(24)16-10-12-19(13-11-16)22(2,3)4;1-3-4-6-17-10-13-18(14-11-17)21(24)15-20-8-5-7-19-12-9-16(2)23-22(19)20;1-13-5-2-7-15(11-13)17(20)12-16-8-3-6-14-9-4-10-19-18(14)16;1-13-7-9-14(10-8-13)17(20)12-16-5-2-4-15-6-3-11-19-18(15)16;1-12-8-9-13-6-5-7-14(16(13)18-12)10-15(19)11-17(2,3)4;1-11-8-9-12-6-5-7-13(15(12)17-11)10-14(18)16(2,3)4;1-11(2)9-15(18)10-14-6-4-5-13-8-7-12(3)17-16(13)14/h5-13H,14H2,1-4H3;5,7-14H,3-4,6,15H2,1-2H3;2*2-11H,12H2,1H3;5-9H,10-11H2,1-4H3;5-9H,10H2,1-4H3;4-8,11H,9-10H2,1-3H3. The van der Waals surface area contributed by atoms with Crippen LogP contribution in [0.4, 0.5) is 0 Å². The van der Waals surface area contributed by atoms with Crippen LogP contribution in [-0.4, -0.2) is 75.4 Å². The van der Waals surface area contributed by atoms with Crippen molar-refractivity contribution in [3.05, 3.63) is 434 Å². The summed E-state index contributed by atoms with van der Waals surface area (Å²) in [6.07, 6.45) is 11.2. The highest BCUT2D eigenvalue weighted by atomic mass is 16.1. The Morgan fingerprint density at radius 3 is 0.916 bits per heavy atom. The number of hydrogen-bond acceptors (Lipinski definition) is 14. The summed E-state index contributed by atoms with van der Waals surface area (Å²) in [5, 5.41) is 7.61. The van der Waals surface area contributed by atoms with Crippen molar-refractivity contribution < 1.29 is 33.6 Å². The van der Waals surface area contributed by atoms with Crippen molar-refractivity contribution in [1.82, 2.24) is 34.9 Å². The number of aryl methyl sites for hydroxylation is 8. The molecule has 0 amide bonds. The first kappa shape index (κ1) is 107. The van der Waals surface area contributed by atoms with Gasteiger partial charge in [0.1, 0.15) is 17.3 Å². The van der Waals surface area contributed by atoms with Gasteiger partial charge >= 0.3 is 0 Å². The van der Waals surface area contributed by atoms with E-state index in [2.05, 4.69) is 152 Å². The number of fused-ring (bicyclic) bond motifs is 7. The molecule has 18 aromatic rings. The zero-order chi connectivity index (χ0) is 103. The van der Waals surface area contributed by atoms with Gasteiger partial charge in [-0.05, 0) is 177 Å². The fourth-order valence-electron chi connectivity index (χ4n) is 17.0. The summed E-state index contributed by atoms with van der Waals surface area (Å²) in [7, 11) is 0. The third-order valence-corrected chi connectivity index (χ3v) is 24.8. The number of rotatable bonds is 24. The first-order chi connectivity index (χ1) is 68.3. The molecule has 0 unspecified atom stereocenters. The molecule has 0 N–H and O–H groups in total. The molecule has 0 atom stereocenters. The van der Waals surface area contributed by atoms with Gasteiger partial charge in [-0.15, -0.1) is 0 Å². The van der Waals surface area contributed by atoms with Gasteiger partial charge in [-0.1, -0.05) is 361 Å². The Kier molecular flexibility index (Phi) is 37.3. The molecule has 18 rings (SSSR count). The molecule has 0 aliphatic rings. The third-order valence-electron chi connectivity index (χ3n) is 24.8. The molecule has 0 aliphatic carbocycles. The van der Waals surface area contributed by atoms with Crippen LogP contribution in [-0.2, 0) is 71.2 Å². The minimum atomic E-state index is -0.300. The largest absolute Gasteiger partial charge is 0.299 e.